The number of piperidine rings is 1. The average molecular weight is 285 g/mol. The molecule has 2 heterocycles. The van der Waals surface area contributed by atoms with Gasteiger partial charge in [-0.15, -0.1) is 0 Å². The SMILES string of the molecule is CNc1ncc(C(=O)N2CCCC(O)C2)c2ccccc12. The predicted octanol–water partition coefficient (Wildman–Crippen LogP) is 1.87. The zero-order valence-corrected chi connectivity index (χ0v) is 12.0. The Morgan fingerprint density at radius 1 is 1.38 bits per heavy atom. The van der Waals surface area contributed by atoms with Crippen LogP contribution < -0.4 is 5.32 Å². The highest BCUT2D eigenvalue weighted by atomic mass is 16.3. The van der Waals surface area contributed by atoms with Gasteiger partial charge < -0.3 is 15.3 Å². The van der Waals surface area contributed by atoms with Gasteiger partial charge in [-0.05, 0) is 18.2 Å². The maximum Gasteiger partial charge on any atom is 0.256 e. The van der Waals surface area contributed by atoms with Gasteiger partial charge in [0.05, 0.1) is 11.7 Å². The number of aromatic nitrogens is 1. The van der Waals surface area contributed by atoms with E-state index in [1.807, 2.05) is 31.3 Å². The zero-order chi connectivity index (χ0) is 14.8. The molecule has 0 saturated carbocycles. The van der Waals surface area contributed by atoms with E-state index in [1.54, 1.807) is 11.1 Å². The number of nitrogens with zero attached hydrogens (tertiary/aromatic N) is 2. The lowest BCUT2D eigenvalue weighted by molar-refractivity contribution is 0.0475. The van der Waals surface area contributed by atoms with Gasteiger partial charge in [0.1, 0.15) is 5.82 Å². The summed E-state index contributed by atoms with van der Waals surface area (Å²) in [5.41, 5.74) is 0.596. The summed E-state index contributed by atoms with van der Waals surface area (Å²) < 4.78 is 0. The van der Waals surface area contributed by atoms with Gasteiger partial charge in [0, 0.05) is 31.7 Å². The van der Waals surface area contributed by atoms with Crippen LogP contribution in [-0.2, 0) is 0 Å². The van der Waals surface area contributed by atoms with Crippen molar-refractivity contribution >= 4 is 22.5 Å². The van der Waals surface area contributed by atoms with Crippen LogP contribution in [0.25, 0.3) is 10.8 Å². The van der Waals surface area contributed by atoms with E-state index in [-0.39, 0.29) is 5.91 Å². The summed E-state index contributed by atoms with van der Waals surface area (Å²) in [7, 11) is 1.82. The predicted molar refractivity (Wildman–Crippen MR) is 82.4 cm³/mol. The summed E-state index contributed by atoms with van der Waals surface area (Å²) in [6.07, 6.45) is 2.81. The molecule has 1 atom stereocenters. The Labute approximate surface area is 123 Å². The average Bonchev–Trinajstić information content (AvgIpc) is 2.53. The summed E-state index contributed by atoms with van der Waals surface area (Å²) in [6.45, 7) is 1.10. The van der Waals surface area contributed by atoms with E-state index in [9.17, 15) is 9.90 Å². The lowest BCUT2D eigenvalue weighted by Gasteiger charge is -2.30. The second-order valence-corrected chi connectivity index (χ2v) is 5.36. The van der Waals surface area contributed by atoms with Crippen LogP contribution in [0.3, 0.4) is 0 Å². The molecule has 1 saturated heterocycles. The van der Waals surface area contributed by atoms with Crippen LogP contribution in [0.5, 0.6) is 0 Å². The van der Waals surface area contributed by atoms with E-state index in [1.165, 1.54) is 0 Å². The minimum atomic E-state index is -0.418. The smallest absolute Gasteiger partial charge is 0.256 e. The van der Waals surface area contributed by atoms with Gasteiger partial charge in [0.2, 0.25) is 0 Å². The fraction of sp³-hybridized carbons (Fsp3) is 0.375. The Kier molecular flexibility index (Phi) is 3.75. The van der Waals surface area contributed by atoms with Gasteiger partial charge in [-0.2, -0.15) is 0 Å². The third-order valence-corrected chi connectivity index (χ3v) is 3.95. The summed E-state index contributed by atoms with van der Waals surface area (Å²) in [6, 6.07) is 7.74. The summed E-state index contributed by atoms with van der Waals surface area (Å²) >= 11 is 0. The van der Waals surface area contributed by atoms with Crippen molar-refractivity contribution < 1.29 is 9.90 Å². The first-order chi connectivity index (χ1) is 10.2. The number of nitrogens with one attached hydrogen (secondary N) is 1. The molecule has 1 unspecified atom stereocenters. The molecule has 0 aliphatic carbocycles. The Bertz CT molecular complexity index is 672. The molecule has 21 heavy (non-hydrogen) atoms. The molecular formula is C16H19N3O2. The quantitative estimate of drug-likeness (QED) is 0.884. The van der Waals surface area contributed by atoms with Gasteiger partial charge in [0.15, 0.2) is 0 Å². The second-order valence-electron chi connectivity index (χ2n) is 5.36. The minimum Gasteiger partial charge on any atom is -0.391 e. The standard InChI is InChI=1S/C16H19N3O2/c1-17-15-13-7-3-2-6-12(13)14(9-18-15)16(21)19-8-4-5-11(20)10-19/h2-3,6-7,9,11,20H,4-5,8,10H2,1H3,(H,17,18). The first-order valence-electron chi connectivity index (χ1n) is 7.23. The molecule has 0 bridgehead atoms. The fourth-order valence-corrected chi connectivity index (χ4v) is 2.87. The number of benzene rings is 1. The van der Waals surface area contributed by atoms with Crippen molar-refractivity contribution in [2.45, 2.75) is 18.9 Å². The Balaban J connectivity index is 2.02. The summed E-state index contributed by atoms with van der Waals surface area (Å²) in [5, 5.41) is 14.6. The first-order valence-corrected chi connectivity index (χ1v) is 7.23. The van der Waals surface area contributed by atoms with Gasteiger partial charge in [-0.25, -0.2) is 4.98 Å². The topological polar surface area (TPSA) is 65.5 Å². The van der Waals surface area contributed by atoms with Crippen LogP contribution in [0.4, 0.5) is 5.82 Å². The molecule has 2 aromatic rings. The molecule has 1 amide bonds. The van der Waals surface area contributed by atoms with Crippen LogP contribution in [0, 0.1) is 0 Å². The van der Waals surface area contributed by atoms with Crippen molar-refractivity contribution in [3.05, 3.63) is 36.0 Å². The second kappa shape index (κ2) is 5.69. The number of likely N-dealkylation sites (tertiary alicyclic amines) is 1. The number of fused-ring (bicyclic) bond motifs is 1. The number of aliphatic hydroxyl groups is 1. The molecule has 5 heteroatoms. The Morgan fingerprint density at radius 2 is 2.14 bits per heavy atom. The van der Waals surface area contributed by atoms with Crippen molar-refractivity contribution in [2.75, 3.05) is 25.5 Å². The normalized spacial score (nSPS) is 18.8. The number of carbonyl (C=O) groups is 1. The molecule has 2 N–H and O–H groups in total. The number of aliphatic hydroxyl groups excluding tert-OH is 1. The fourth-order valence-electron chi connectivity index (χ4n) is 2.87. The molecule has 1 aliphatic heterocycles. The highest BCUT2D eigenvalue weighted by molar-refractivity contribution is 6.09. The monoisotopic (exact) mass is 285 g/mol. The number of amides is 1. The Morgan fingerprint density at radius 3 is 2.86 bits per heavy atom. The number of β-amino-alcohol motifs (C(OH)–C–C–N with tert-alkyl or cyclic N) is 1. The number of anilines is 1. The van der Waals surface area contributed by atoms with E-state index in [2.05, 4.69) is 10.3 Å². The van der Waals surface area contributed by atoms with E-state index in [0.717, 1.165) is 29.4 Å². The molecule has 1 aliphatic rings. The molecule has 0 spiro atoms. The van der Waals surface area contributed by atoms with Gasteiger partial charge >= 0.3 is 0 Å². The van der Waals surface area contributed by atoms with Crippen LogP contribution >= 0.6 is 0 Å². The number of rotatable bonds is 2. The first kappa shape index (κ1) is 13.8. The number of hydrogen-bond acceptors (Lipinski definition) is 4. The Hall–Kier alpha value is -2.14. The maximum absolute atomic E-state index is 12.7. The lowest BCUT2D eigenvalue weighted by Crippen LogP contribution is -2.42. The zero-order valence-electron chi connectivity index (χ0n) is 12.0. The van der Waals surface area contributed by atoms with Crippen LogP contribution in [0.2, 0.25) is 0 Å². The number of hydrogen-bond donors (Lipinski definition) is 2. The van der Waals surface area contributed by atoms with Crippen molar-refractivity contribution in [1.82, 2.24) is 9.88 Å². The number of pyridine rings is 1. The van der Waals surface area contributed by atoms with Gasteiger partial charge in [-0.3, -0.25) is 4.79 Å². The van der Waals surface area contributed by atoms with Gasteiger partial charge in [0.25, 0.3) is 5.91 Å². The van der Waals surface area contributed by atoms with E-state index >= 15 is 0 Å². The highest BCUT2D eigenvalue weighted by Gasteiger charge is 2.24. The van der Waals surface area contributed by atoms with Crippen LogP contribution in [0.15, 0.2) is 30.5 Å². The van der Waals surface area contributed by atoms with E-state index in [4.69, 9.17) is 0 Å². The molecular weight excluding hydrogens is 266 g/mol. The van der Waals surface area contributed by atoms with Crippen LogP contribution in [-0.4, -0.2) is 47.1 Å². The van der Waals surface area contributed by atoms with E-state index in [0.29, 0.717) is 18.7 Å². The third kappa shape index (κ3) is 2.56. The molecule has 110 valence electrons. The molecule has 0 radical (unpaired) electrons. The van der Waals surface area contributed by atoms with E-state index < -0.39 is 6.10 Å². The maximum atomic E-state index is 12.7. The molecule has 1 aromatic heterocycles. The lowest BCUT2D eigenvalue weighted by atomic mass is 10.0. The number of carbonyl (C=O) groups excluding carboxylic acids is 1. The minimum absolute atomic E-state index is 0.0555. The molecule has 3 rings (SSSR count). The third-order valence-electron chi connectivity index (χ3n) is 3.95. The van der Waals surface area contributed by atoms with Crippen LogP contribution in [0.1, 0.15) is 23.2 Å². The molecule has 1 fully saturated rings. The largest absolute Gasteiger partial charge is 0.391 e. The molecule has 5 nitrogen and oxygen atoms in total. The highest BCUT2D eigenvalue weighted by Crippen LogP contribution is 2.25. The van der Waals surface area contributed by atoms with Crippen molar-refractivity contribution in [3.63, 3.8) is 0 Å². The summed E-state index contributed by atoms with van der Waals surface area (Å²) in [5.74, 6) is 0.709. The summed E-state index contributed by atoms with van der Waals surface area (Å²) in [4.78, 5) is 18.8. The van der Waals surface area contributed by atoms with Crippen molar-refractivity contribution in [2.24, 2.45) is 0 Å². The van der Waals surface area contributed by atoms with Gasteiger partial charge in [-0.1, -0.05) is 24.3 Å². The van der Waals surface area contributed by atoms with Crippen molar-refractivity contribution in [1.29, 1.82) is 0 Å². The van der Waals surface area contributed by atoms with Crippen molar-refractivity contribution in [3.8, 4) is 0 Å². The molecule has 1 aromatic carbocycles.